The molecule has 0 aliphatic carbocycles. The van der Waals surface area contributed by atoms with Crippen LogP contribution < -0.4 is 9.47 Å². The second kappa shape index (κ2) is 6.95. The Morgan fingerprint density at radius 2 is 1.81 bits per heavy atom. The summed E-state index contributed by atoms with van der Waals surface area (Å²) in [5.41, 5.74) is 3.06. The Kier molecular flexibility index (Phi) is 4.33. The molecule has 0 atom stereocenters. The van der Waals surface area contributed by atoms with Crippen LogP contribution in [0.25, 0.3) is 16.9 Å². The highest BCUT2D eigenvalue weighted by atomic mass is 16.5. The number of methoxy groups -OCH3 is 2. The van der Waals surface area contributed by atoms with Crippen LogP contribution in [0.2, 0.25) is 0 Å². The third-order valence-electron chi connectivity index (χ3n) is 4.19. The number of rotatable bonds is 5. The number of fused-ring (bicyclic) bond motifs is 1. The highest BCUT2D eigenvalue weighted by molar-refractivity contribution is 5.74. The molecule has 2 heterocycles. The van der Waals surface area contributed by atoms with Crippen LogP contribution >= 0.6 is 0 Å². The van der Waals surface area contributed by atoms with Crippen LogP contribution in [-0.2, 0) is 6.42 Å². The standard InChI is InChI=1S/C20H18N4O3/c1-26-16-8-13(9-17(12-16)27-2)10-18-22-20-19(21-6-7-24(20)23-18)14-4-3-5-15(25)11-14/h3-9,11-12,25H,10H2,1-2H3. The van der Waals surface area contributed by atoms with Gasteiger partial charge in [0.1, 0.15) is 22.9 Å². The van der Waals surface area contributed by atoms with Crippen molar-refractivity contribution in [1.82, 2.24) is 19.6 Å². The first kappa shape index (κ1) is 16.8. The van der Waals surface area contributed by atoms with Crippen LogP contribution in [0.15, 0.2) is 54.9 Å². The predicted octanol–water partition coefficient (Wildman–Crippen LogP) is 3.10. The Balaban J connectivity index is 1.73. The number of benzene rings is 2. The van der Waals surface area contributed by atoms with Gasteiger partial charge < -0.3 is 14.6 Å². The lowest BCUT2D eigenvalue weighted by molar-refractivity contribution is 0.393. The Labute approximate surface area is 155 Å². The molecule has 7 heteroatoms. The Morgan fingerprint density at radius 1 is 1.04 bits per heavy atom. The molecule has 0 spiro atoms. The summed E-state index contributed by atoms with van der Waals surface area (Å²) < 4.78 is 12.3. The fourth-order valence-electron chi connectivity index (χ4n) is 2.94. The maximum Gasteiger partial charge on any atom is 0.181 e. The smallest absolute Gasteiger partial charge is 0.181 e. The SMILES string of the molecule is COc1cc(Cc2nc3c(-c4cccc(O)c4)nccn3n2)cc(OC)c1. The first-order valence-electron chi connectivity index (χ1n) is 8.38. The number of phenols is 1. The minimum atomic E-state index is 0.180. The summed E-state index contributed by atoms with van der Waals surface area (Å²) in [5, 5.41) is 14.3. The molecule has 0 bridgehead atoms. The summed E-state index contributed by atoms with van der Waals surface area (Å²) in [5.74, 6) is 2.27. The van der Waals surface area contributed by atoms with Crippen LogP contribution in [0, 0.1) is 0 Å². The van der Waals surface area contributed by atoms with E-state index in [4.69, 9.17) is 9.47 Å². The van der Waals surface area contributed by atoms with Gasteiger partial charge in [0.2, 0.25) is 0 Å². The van der Waals surface area contributed by atoms with Crippen LogP contribution in [0.1, 0.15) is 11.4 Å². The molecule has 2 aromatic carbocycles. The number of ether oxygens (including phenoxy) is 2. The van der Waals surface area contributed by atoms with Gasteiger partial charge in [0.05, 0.1) is 14.2 Å². The van der Waals surface area contributed by atoms with Crippen LogP contribution in [-0.4, -0.2) is 38.9 Å². The Bertz CT molecular complexity index is 1090. The molecule has 0 saturated carbocycles. The summed E-state index contributed by atoms with van der Waals surface area (Å²) in [6.45, 7) is 0. The molecule has 0 unspecified atom stereocenters. The number of hydrogen-bond acceptors (Lipinski definition) is 6. The first-order chi connectivity index (χ1) is 13.2. The molecule has 0 aliphatic heterocycles. The van der Waals surface area contributed by atoms with Crippen molar-refractivity contribution in [3.63, 3.8) is 0 Å². The predicted molar refractivity (Wildman–Crippen MR) is 100 cm³/mol. The first-order valence-corrected chi connectivity index (χ1v) is 8.38. The molecule has 4 aromatic rings. The van der Waals surface area contributed by atoms with E-state index in [1.165, 1.54) is 0 Å². The van der Waals surface area contributed by atoms with Gasteiger partial charge in [-0.15, -0.1) is 0 Å². The Hall–Kier alpha value is -3.61. The van der Waals surface area contributed by atoms with Crippen molar-refractivity contribution in [3.8, 4) is 28.5 Å². The van der Waals surface area contributed by atoms with Crippen molar-refractivity contribution in [2.75, 3.05) is 14.2 Å². The zero-order valence-electron chi connectivity index (χ0n) is 15.0. The molecule has 0 saturated heterocycles. The number of aromatic hydroxyl groups is 1. The topological polar surface area (TPSA) is 81.8 Å². The number of nitrogens with zero attached hydrogens (tertiary/aromatic N) is 4. The Morgan fingerprint density at radius 3 is 2.52 bits per heavy atom. The molecule has 0 aliphatic rings. The van der Waals surface area contributed by atoms with E-state index in [1.807, 2.05) is 24.3 Å². The number of hydrogen-bond donors (Lipinski definition) is 1. The average Bonchev–Trinajstić information content (AvgIpc) is 3.09. The van der Waals surface area contributed by atoms with E-state index in [0.29, 0.717) is 23.6 Å². The minimum absolute atomic E-state index is 0.180. The molecule has 2 aromatic heterocycles. The van der Waals surface area contributed by atoms with Crippen LogP contribution in [0.4, 0.5) is 0 Å². The molecule has 0 fully saturated rings. The monoisotopic (exact) mass is 362 g/mol. The van der Waals surface area contributed by atoms with Gasteiger partial charge in [-0.05, 0) is 29.8 Å². The van der Waals surface area contributed by atoms with Crippen molar-refractivity contribution in [3.05, 3.63) is 66.2 Å². The second-order valence-corrected chi connectivity index (χ2v) is 6.02. The molecule has 1 N–H and O–H groups in total. The molecule has 0 radical (unpaired) electrons. The summed E-state index contributed by atoms with van der Waals surface area (Å²) in [4.78, 5) is 9.07. The fourth-order valence-corrected chi connectivity index (χ4v) is 2.94. The third kappa shape index (κ3) is 3.39. The minimum Gasteiger partial charge on any atom is -0.508 e. The van der Waals surface area contributed by atoms with Crippen molar-refractivity contribution in [2.45, 2.75) is 6.42 Å². The maximum atomic E-state index is 9.75. The average molecular weight is 362 g/mol. The highest BCUT2D eigenvalue weighted by Crippen LogP contribution is 2.26. The van der Waals surface area contributed by atoms with Gasteiger partial charge >= 0.3 is 0 Å². The van der Waals surface area contributed by atoms with Gasteiger partial charge in [0.25, 0.3) is 0 Å². The second-order valence-electron chi connectivity index (χ2n) is 6.02. The van der Waals surface area contributed by atoms with Crippen molar-refractivity contribution >= 4 is 5.65 Å². The molecule has 27 heavy (non-hydrogen) atoms. The molecule has 4 rings (SSSR count). The quantitative estimate of drug-likeness (QED) is 0.587. The van der Waals surface area contributed by atoms with Gasteiger partial charge in [-0.2, -0.15) is 5.10 Å². The lowest BCUT2D eigenvalue weighted by atomic mass is 10.1. The largest absolute Gasteiger partial charge is 0.508 e. The molecular formula is C20H18N4O3. The third-order valence-corrected chi connectivity index (χ3v) is 4.19. The number of phenolic OH excluding ortho intramolecular Hbond substituents is 1. The summed E-state index contributed by atoms with van der Waals surface area (Å²) >= 11 is 0. The summed E-state index contributed by atoms with van der Waals surface area (Å²) in [6.07, 6.45) is 3.94. The van der Waals surface area contributed by atoms with Crippen molar-refractivity contribution < 1.29 is 14.6 Å². The van der Waals surface area contributed by atoms with Gasteiger partial charge in [-0.3, -0.25) is 4.98 Å². The zero-order chi connectivity index (χ0) is 18.8. The van der Waals surface area contributed by atoms with E-state index in [0.717, 1.165) is 22.6 Å². The molecule has 7 nitrogen and oxygen atoms in total. The number of aromatic nitrogens is 4. The van der Waals surface area contributed by atoms with Gasteiger partial charge in [0, 0.05) is 30.4 Å². The van der Waals surface area contributed by atoms with E-state index in [1.54, 1.807) is 49.3 Å². The van der Waals surface area contributed by atoms with E-state index in [2.05, 4.69) is 15.1 Å². The summed E-state index contributed by atoms with van der Waals surface area (Å²) in [7, 11) is 3.24. The summed E-state index contributed by atoms with van der Waals surface area (Å²) in [6, 6.07) is 12.6. The highest BCUT2D eigenvalue weighted by Gasteiger charge is 2.13. The molecule has 0 amide bonds. The van der Waals surface area contributed by atoms with E-state index in [9.17, 15) is 5.11 Å². The lowest BCUT2D eigenvalue weighted by Crippen LogP contribution is -1.95. The molecule has 136 valence electrons. The van der Waals surface area contributed by atoms with Crippen LogP contribution in [0.3, 0.4) is 0 Å². The van der Waals surface area contributed by atoms with E-state index < -0.39 is 0 Å². The van der Waals surface area contributed by atoms with Crippen molar-refractivity contribution in [2.24, 2.45) is 0 Å². The van der Waals surface area contributed by atoms with Crippen LogP contribution in [0.5, 0.6) is 17.2 Å². The van der Waals surface area contributed by atoms with E-state index >= 15 is 0 Å². The zero-order valence-corrected chi connectivity index (χ0v) is 15.0. The van der Waals surface area contributed by atoms with Gasteiger partial charge in [0.15, 0.2) is 11.5 Å². The van der Waals surface area contributed by atoms with E-state index in [-0.39, 0.29) is 5.75 Å². The van der Waals surface area contributed by atoms with Crippen molar-refractivity contribution in [1.29, 1.82) is 0 Å². The fraction of sp³-hybridized carbons (Fsp3) is 0.150. The normalized spacial score (nSPS) is 10.9. The van der Waals surface area contributed by atoms with Gasteiger partial charge in [-0.25, -0.2) is 9.50 Å². The van der Waals surface area contributed by atoms with Gasteiger partial charge in [-0.1, -0.05) is 12.1 Å². The maximum absolute atomic E-state index is 9.75. The molecular weight excluding hydrogens is 344 g/mol. The lowest BCUT2D eigenvalue weighted by Gasteiger charge is -2.07.